The van der Waals surface area contributed by atoms with Crippen molar-refractivity contribution in [1.29, 1.82) is 0 Å². The van der Waals surface area contributed by atoms with Gasteiger partial charge < -0.3 is 11.1 Å². The van der Waals surface area contributed by atoms with Crippen LogP contribution in [0, 0.1) is 5.92 Å². The van der Waals surface area contributed by atoms with Crippen molar-refractivity contribution in [2.75, 3.05) is 12.3 Å². The molecule has 1 saturated carbocycles. The van der Waals surface area contributed by atoms with E-state index in [1.54, 1.807) is 18.3 Å². The number of anilines is 1. The highest BCUT2D eigenvalue weighted by atomic mass is 16.1. The van der Waals surface area contributed by atoms with Crippen LogP contribution in [0.5, 0.6) is 0 Å². The van der Waals surface area contributed by atoms with Crippen LogP contribution in [0.2, 0.25) is 0 Å². The van der Waals surface area contributed by atoms with E-state index in [2.05, 4.69) is 10.3 Å². The van der Waals surface area contributed by atoms with Gasteiger partial charge in [0.2, 0.25) is 0 Å². The van der Waals surface area contributed by atoms with E-state index in [0.717, 1.165) is 18.9 Å². The zero-order valence-electron chi connectivity index (χ0n) is 9.28. The number of nitrogens with one attached hydrogen (secondary N) is 1. The first-order valence-corrected chi connectivity index (χ1v) is 5.76. The topological polar surface area (TPSA) is 68.0 Å². The lowest BCUT2D eigenvalue weighted by molar-refractivity contribution is 0.0953. The molecule has 1 fully saturated rings. The number of amides is 1. The zero-order chi connectivity index (χ0) is 11.4. The van der Waals surface area contributed by atoms with E-state index in [0.29, 0.717) is 11.4 Å². The molecule has 1 aliphatic carbocycles. The number of carbonyl (C=O) groups is 1. The molecule has 3 N–H and O–H groups in total. The lowest BCUT2D eigenvalue weighted by Crippen LogP contribution is -2.25. The largest absolute Gasteiger partial charge is 0.383 e. The molecule has 0 bridgehead atoms. The number of nitrogens with zero attached hydrogens (tertiary/aromatic N) is 1. The van der Waals surface area contributed by atoms with Crippen molar-refractivity contribution < 1.29 is 4.79 Å². The number of pyridine rings is 1. The van der Waals surface area contributed by atoms with E-state index in [1.165, 1.54) is 19.3 Å². The Kier molecular flexibility index (Phi) is 3.39. The van der Waals surface area contributed by atoms with Crippen LogP contribution in [0.3, 0.4) is 0 Å². The predicted molar refractivity (Wildman–Crippen MR) is 62.9 cm³/mol. The van der Waals surface area contributed by atoms with Crippen LogP contribution in [0.1, 0.15) is 36.0 Å². The number of rotatable bonds is 5. The Balaban J connectivity index is 1.76. The minimum absolute atomic E-state index is 0.124. The molecule has 16 heavy (non-hydrogen) atoms. The van der Waals surface area contributed by atoms with Gasteiger partial charge in [-0.1, -0.05) is 12.8 Å². The summed E-state index contributed by atoms with van der Waals surface area (Å²) >= 11 is 0. The summed E-state index contributed by atoms with van der Waals surface area (Å²) in [4.78, 5) is 15.6. The van der Waals surface area contributed by atoms with Gasteiger partial charge >= 0.3 is 0 Å². The van der Waals surface area contributed by atoms with Crippen LogP contribution in [-0.2, 0) is 0 Å². The minimum atomic E-state index is -0.124. The van der Waals surface area contributed by atoms with Crippen LogP contribution in [0.25, 0.3) is 0 Å². The van der Waals surface area contributed by atoms with Crippen LogP contribution < -0.4 is 11.1 Å². The molecule has 1 aliphatic rings. The Morgan fingerprint density at radius 2 is 2.38 bits per heavy atom. The monoisotopic (exact) mass is 219 g/mol. The normalized spacial score (nSPS) is 14.8. The molecular formula is C12H17N3O. The van der Waals surface area contributed by atoms with Gasteiger partial charge in [-0.05, 0) is 30.9 Å². The van der Waals surface area contributed by atoms with Gasteiger partial charge in [0, 0.05) is 12.7 Å². The molecule has 1 heterocycles. The van der Waals surface area contributed by atoms with Gasteiger partial charge in [0.15, 0.2) is 0 Å². The van der Waals surface area contributed by atoms with Crippen LogP contribution >= 0.6 is 0 Å². The van der Waals surface area contributed by atoms with Crippen LogP contribution in [0.15, 0.2) is 18.3 Å². The predicted octanol–water partition coefficient (Wildman–Crippen LogP) is 1.58. The lowest BCUT2D eigenvalue weighted by Gasteiger charge is -2.06. The van der Waals surface area contributed by atoms with E-state index < -0.39 is 0 Å². The SMILES string of the molecule is Nc1ncccc1C(=O)NCCCC1CC1. The first-order valence-electron chi connectivity index (χ1n) is 5.76. The second-order valence-electron chi connectivity index (χ2n) is 4.28. The Bertz CT molecular complexity index is 374. The summed E-state index contributed by atoms with van der Waals surface area (Å²) in [5.74, 6) is 1.09. The van der Waals surface area contributed by atoms with Crippen LogP contribution in [-0.4, -0.2) is 17.4 Å². The summed E-state index contributed by atoms with van der Waals surface area (Å²) < 4.78 is 0. The Morgan fingerprint density at radius 1 is 1.56 bits per heavy atom. The minimum Gasteiger partial charge on any atom is -0.383 e. The number of nitrogens with two attached hydrogens (primary N) is 1. The Labute approximate surface area is 95.3 Å². The average Bonchev–Trinajstić information content (AvgIpc) is 3.08. The van der Waals surface area contributed by atoms with Crippen molar-refractivity contribution in [2.45, 2.75) is 25.7 Å². The van der Waals surface area contributed by atoms with E-state index in [4.69, 9.17) is 5.73 Å². The van der Waals surface area contributed by atoms with Crippen molar-refractivity contribution in [1.82, 2.24) is 10.3 Å². The highest BCUT2D eigenvalue weighted by Gasteiger charge is 2.20. The van der Waals surface area contributed by atoms with Gasteiger partial charge in [-0.3, -0.25) is 4.79 Å². The Hall–Kier alpha value is -1.58. The number of nitrogen functional groups attached to an aromatic ring is 1. The molecule has 1 aromatic rings. The van der Waals surface area contributed by atoms with E-state index in [9.17, 15) is 4.79 Å². The summed E-state index contributed by atoms with van der Waals surface area (Å²) in [6.45, 7) is 0.726. The summed E-state index contributed by atoms with van der Waals surface area (Å²) in [7, 11) is 0. The fraction of sp³-hybridized carbons (Fsp3) is 0.500. The maximum absolute atomic E-state index is 11.7. The Morgan fingerprint density at radius 3 is 3.06 bits per heavy atom. The highest BCUT2D eigenvalue weighted by Crippen LogP contribution is 2.33. The molecule has 1 aromatic heterocycles. The van der Waals surface area contributed by atoms with Crippen molar-refractivity contribution >= 4 is 11.7 Å². The molecule has 0 saturated heterocycles. The zero-order valence-corrected chi connectivity index (χ0v) is 9.28. The first-order chi connectivity index (χ1) is 7.77. The fourth-order valence-corrected chi connectivity index (χ4v) is 1.70. The number of aromatic nitrogens is 1. The molecule has 0 spiro atoms. The van der Waals surface area contributed by atoms with E-state index >= 15 is 0 Å². The van der Waals surface area contributed by atoms with E-state index in [-0.39, 0.29) is 5.91 Å². The molecule has 0 atom stereocenters. The second-order valence-corrected chi connectivity index (χ2v) is 4.28. The number of hydrogen-bond acceptors (Lipinski definition) is 3. The summed E-state index contributed by atoms with van der Waals surface area (Å²) in [6.07, 6.45) is 6.59. The molecule has 4 heteroatoms. The molecule has 86 valence electrons. The van der Waals surface area contributed by atoms with Gasteiger partial charge in [-0.15, -0.1) is 0 Å². The van der Waals surface area contributed by atoms with Gasteiger partial charge in [-0.2, -0.15) is 0 Å². The van der Waals surface area contributed by atoms with Crippen molar-refractivity contribution in [3.8, 4) is 0 Å². The first kappa shape index (κ1) is 10.9. The van der Waals surface area contributed by atoms with Gasteiger partial charge in [0.25, 0.3) is 5.91 Å². The average molecular weight is 219 g/mol. The molecule has 1 amide bonds. The van der Waals surface area contributed by atoms with Crippen molar-refractivity contribution in [2.24, 2.45) is 5.92 Å². The second kappa shape index (κ2) is 4.96. The number of hydrogen-bond donors (Lipinski definition) is 2. The highest BCUT2D eigenvalue weighted by molar-refractivity contribution is 5.98. The van der Waals surface area contributed by atoms with Crippen molar-refractivity contribution in [3.63, 3.8) is 0 Å². The quantitative estimate of drug-likeness (QED) is 0.739. The maximum atomic E-state index is 11.7. The third-order valence-electron chi connectivity index (χ3n) is 2.85. The molecule has 2 rings (SSSR count). The maximum Gasteiger partial charge on any atom is 0.255 e. The van der Waals surface area contributed by atoms with Gasteiger partial charge in [0.05, 0.1) is 5.56 Å². The van der Waals surface area contributed by atoms with Crippen LogP contribution in [0.4, 0.5) is 5.82 Å². The standard InChI is InChI=1S/C12H17N3O/c13-11-10(4-2-7-14-11)12(16)15-8-1-3-9-5-6-9/h2,4,7,9H,1,3,5-6,8H2,(H2,13,14)(H,15,16). The molecule has 4 nitrogen and oxygen atoms in total. The summed E-state index contributed by atoms with van der Waals surface area (Å²) in [5, 5.41) is 2.86. The third kappa shape index (κ3) is 2.95. The van der Waals surface area contributed by atoms with Gasteiger partial charge in [-0.25, -0.2) is 4.98 Å². The third-order valence-corrected chi connectivity index (χ3v) is 2.85. The molecule has 0 aliphatic heterocycles. The number of carbonyl (C=O) groups excluding carboxylic acids is 1. The smallest absolute Gasteiger partial charge is 0.255 e. The molecule has 0 radical (unpaired) electrons. The van der Waals surface area contributed by atoms with Gasteiger partial charge in [0.1, 0.15) is 5.82 Å². The summed E-state index contributed by atoms with van der Waals surface area (Å²) in [5.41, 5.74) is 6.08. The molecule has 0 aromatic carbocycles. The fourth-order valence-electron chi connectivity index (χ4n) is 1.70. The molecule has 0 unspecified atom stereocenters. The lowest BCUT2D eigenvalue weighted by atomic mass is 10.2. The van der Waals surface area contributed by atoms with Crippen molar-refractivity contribution in [3.05, 3.63) is 23.9 Å². The molecular weight excluding hydrogens is 202 g/mol. The van der Waals surface area contributed by atoms with E-state index in [1.807, 2.05) is 0 Å². The summed E-state index contributed by atoms with van der Waals surface area (Å²) in [6, 6.07) is 3.41.